The number of nitrogens with one attached hydrogen (secondary N) is 1. The lowest BCUT2D eigenvalue weighted by Crippen LogP contribution is -2.32. The van der Waals surface area contributed by atoms with Gasteiger partial charge in [0.1, 0.15) is 4.90 Å². The highest BCUT2D eigenvalue weighted by Gasteiger charge is 2.25. The number of benzene rings is 1. The van der Waals surface area contributed by atoms with Crippen molar-refractivity contribution in [3.63, 3.8) is 0 Å². The van der Waals surface area contributed by atoms with E-state index in [1.807, 2.05) is 0 Å². The molecule has 1 aliphatic carbocycles. The predicted octanol–water partition coefficient (Wildman–Crippen LogP) is 2.00. The van der Waals surface area contributed by atoms with Crippen LogP contribution in [0, 0.1) is 11.7 Å². The molecular formula is C13H18BrFN2O3S. The highest BCUT2D eigenvalue weighted by atomic mass is 79.9. The molecule has 1 fully saturated rings. The van der Waals surface area contributed by atoms with Crippen LogP contribution in [0.3, 0.4) is 0 Å². The van der Waals surface area contributed by atoms with Gasteiger partial charge in [0.15, 0.2) is 5.82 Å². The summed E-state index contributed by atoms with van der Waals surface area (Å²) in [5, 5.41) is 9.42. The van der Waals surface area contributed by atoms with Crippen molar-refractivity contribution in [1.29, 1.82) is 0 Å². The maximum Gasteiger partial charge on any atom is 0.243 e. The Morgan fingerprint density at radius 3 is 2.57 bits per heavy atom. The van der Waals surface area contributed by atoms with Crippen LogP contribution in [-0.2, 0) is 10.0 Å². The summed E-state index contributed by atoms with van der Waals surface area (Å²) in [6.07, 6.45) is 2.56. The average Bonchev–Trinajstić information content (AvgIpc) is 2.42. The number of nitrogens with two attached hydrogens (primary N) is 1. The molecule has 0 radical (unpaired) electrons. The molecule has 0 bridgehead atoms. The molecule has 0 spiro atoms. The number of sulfonamides is 1. The molecule has 2 rings (SSSR count). The van der Waals surface area contributed by atoms with Gasteiger partial charge in [-0.15, -0.1) is 0 Å². The summed E-state index contributed by atoms with van der Waals surface area (Å²) >= 11 is 2.95. The number of hydrogen-bond donors (Lipinski definition) is 3. The van der Waals surface area contributed by atoms with Crippen LogP contribution in [-0.4, -0.2) is 26.2 Å². The Bertz CT molecular complexity index is 616. The van der Waals surface area contributed by atoms with Crippen molar-refractivity contribution in [3.8, 4) is 0 Å². The summed E-state index contributed by atoms with van der Waals surface area (Å²) < 4.78 is 40.8. The maximum atomic E-state index is 13.9. The smallest absolute Gasteiger partial charge is 0.243 e. The van der Waals surface area contributed by atoms with E-state index in [0.717, 1.165) is 18.9 Å². The molecule has 0 saturated heterocycles. The average molecular weight is 381 g/mol. The lowest BCUT2D eigenvalue weighted by molar-refractivity contribution is 0.109. The van der Waals surface area contributed by atoms with Crippen LogP contribution in [0.1, 0.15) is 25.7 Å². The zero-order valence-corrected chi connectivity index (χ0v) is 13.8. The summed E-state index contributed by atoms with van der Waals surface area (Å²) in [6.45, 7) is 0.237. The van der Waals surface area contributed by atoms with Crippen LogP contribution in [0.2, 0.25) is 0 Å². The van der Waals surface area contributed by atoms with E-state index in [0.29, 0.717) is 12.8 Å². The zero-order chi connectivity index (χ0) is 15.6. The van der Waals surface area contributed by atoms with Crippen molar-refractivity contribution in [1.82, 2.24) is 4.72 Å². The van der Waals surface area contributed by atoms with E-state index in [1.165, 1.54) is 6.07 Å². The van der Waals surface area contributed by atoms with Gasteiger partial charge in [-0.25, -0.2) is 17.5 Å². The molecule has 5 nitrogen and oxygen atoms in total. The van der Waals surface area contributed by atoms with Gasteiger partial charge in [0.25, 0.3) is 0 Å². The first-order chi connectivity index (χ1) is 9.79. The van der Waals surface area contributed by atoms with Gasteiger partial charge in [-0.05, 0) is 59.7 Å². The van der Waals surface area contributed by atoms with Gasteiger partial charge >= 0.3 is 0 Å². The standard InChI is InChI=1S/C13H18BrFN2O3S/c14-11-5-9(16)6-12(13(11)15)21(19,20)17-7-8-1-3-10(18)4-2-8/h5-6,8,10,17-18H,1-4,7,16H2. The highest BCUT2D eigenvalue weighted by molar-refractivity contribution is 9.10. The molecule has 1 aliphatic rings. The first-order valence-electron chi connectivity index (χ1n) is 6.72. The van der Waals surface area contributed by atoms with Crippen molar-refractivity contribution in [3.05, 3.63) is 22.4 Å². The molecule has 0 unspecified atom stereocenters. The van der Waals surface area contributed by atoms with Crippen LogP contribution in [0.4, 0.5) is 10.1 Å². The van der Waals surface area contributed by atoms with E-state index >= 15 is 0 Å². The fraction of sp³-hybridized carbons (Fsp3) is 0.538. The van der Waals surface area contributed by atoms with Crippen molar-refractivity contribution in [2.24, 2.45) is 5.92 Å². The van der Waals surface area contributed by atoms with Gasteiger partial charge in [0, 0.05) is 12.2 Å². The summed E-state index contributed by atoms with van der Waals surface area (Å²) in [6, 6.07) is 2.42. The molecule has 0 atom stereocenters. The van der Waals surface area contributed by atoms with E-state index in [2.05, 4.69) is 20.7 Å². The molecule has 21 heavy (non-hydrogen) atoms. The summed E-state index contributed by atoms with van der Waals surface area (Å²) in [5.74, 6) is -0.688. The van der Waals surface area contributed by atoms with Gasteiger partial charge in [-0.2, -0.15) is 0 Å². The molecular weight excluding hydrogens is 363 g/mol. The van der Waals surface area contributed by atoms with E-state index in [-0.39, 0.29) is 28.7 Å². The van der Waals surface area contributed by atoms with Crippen molar-refractivity contribution in [2.75, 3.05) is 12.3 Å². The lowest BCUT2D eigenvalue weighted by atomic mass is 9.88. The minimum Gasteiger partial charge on any atom is -0.399 e. The van der Waals surface area contributed by atoms with Gasteiger partial charge in [-0.1, -0.05) is 0 Å². The fourth-order valence-electron chi connectivity index (χ4n) is 2.43. The Labute approximate surface area is 131 Å². The maximum absolute atomic E-state index is 13.9. The second kappa shape index (κ2) is 6.60. The topological polar surface area (TPSA) is 92.4 Å². The largest absolute Gasteiger partial charge is 0.399 e. The summed E-state index contributed by atoms with van der Waals surface area (Å²) in [5.41, 5.74) is 5.73. The van der Waals surface area contributed by atoms with E-state index in [4.69, 9.17) is 5.73 Å². The van der Waals surface area contributed by atoms with Crippen LogP contribution >= 0.6 is 15.9 Å². The molecule has 8 heteroatoms. The zero-order valence-electron chi connectivity index (χ0n) is 11.4. The quantitative estimate of drug-likeness (QED) is 0.696. The Hall–Kier alpha value is -0.700. The van der Waals surface area contributed by atoms with Gasteiger partial charge in [0.2, 0.25) is 10.0 Å². The number of rotatable bonds is 4. The second-order valence-corrected chi connectivity index (χ2v) is 7.93. The number of nitrogen functional groups attached to an aromatic ring is 1. The number of aliphatic hydroxyl groups is 1. The first kappa shape index (κ1) is 16.7. The van der Waals surface area contributed by atoms with Gasteiger partial charge in [0.05, 0.1) is 10.6 Å². The minimum absolute atomic E-state index is 0.0173. The lowest BCUT2D eigenvalue weighted by Gasteiger charge is -2.25. The molecule has 0 aromatic heterocycles. The molecule has 0 amide bonds. The van der Waals surface area contributed by atoms with Gasteiger partial charge in [-0.3, -0.25) is 0 Å². The Kier molecular flexibility index (Phi) is 5.24. The SMILES string of the molecule is Nc1cc(Br)c(F)c(S(=O)(=O)NCC2CCC(O)CC2)c1. The number of anilines is 1. The van der Waals surface area contributed by atoms with Gasteiger partial charge < -0.3 is 10.8 Å². The molecule has 0 heterocycles. The van der Waals surface area contributed by atoms with Crippen LogP contribution < -0.4 is 10.5 Å². The molecule has 118 valence electrons. The van der Waals surface area contributed by atoms with Crippen LogP contribution in [0.15, 0.2) is 21.5 Å². The Morgan fingerprint density at radius 1 is 1.33 bits per heavy atom. The van der Waals surface area contributed by atoms with Crippen molar-refractivity contribution < 1.29 is 17.9 Å². The summed E-state index contributed by atoms with van der Waals surface area (Å²) in [4.78, 5) is -0.454. The van der Waals surface area contributed by atoms with Crippen molar-refractivity contribution >= 4 is 31.6 Å². The minimum atomic E-state index is -3.95. The summed E-state index contributed by atoms with van der Waals surface area (Å²) in [7, 11) is -3.95. The molecule has 0 aliphatic heterocycles. The highest BCUT2D eigenvalue weighted by Crippen LogP contribution is 2.27. The van der Waals surface area contributed by atoms with Crippen molar-refractivity contribution in [2.45, 2.75) is 36.7 Å². The third-order valence-electron chi connectivity index (χ3n) is 3.68. The Balaban J connectivity index is 2.09. The monoisotopic (exact) mass is 380 g/mol. The third kappa shape index (κ3) is 4.15. The predicted molar refractivity (Wildman–Crippen MR) is 81.7 cm³/mol. The van der Waals surface area contributed by atoms with E-state index in [9.17, 15) is 17.9 Å². The first-order valence-corrected chi connectivity index (χ1v) is 8.99. The molecule has 4 N–H and O–H groups in total. The third-order valence-corrected chi connectivity index (χ3v) is 5.68. The number of aliphatic hydroxyl groups excluding tert-OH is 1. The normalized spacial score (nSPS) is 23.2. The molecule has 1 aromatic rings. The Morgan fingerprint density at radius 2 is 1.95 bits per heavy atom. The second-order valence-electron chi connectivity index (χ2n) is 5.34. The van der Waals surface area contributed by atoms with Crippen LogP contribution in [0.25, 0.3) is 0 Å². The van der Waals surface area contributed by atoms with E-state index < -0.39 is 20.7 Å². The number of hydrogen-bond acceptors (Lipinski definition) is 4. The number of halogens is 2. The van der Waals surface area contributed by atoms with E-state index in [1.54, 1.807) is 0 Å². The molecule has 1 saturated carbocycles. The fourth-order valence-corrected chi connectivity index (χ4v) is 4.29. The van der Waals surface area contributed by atoms with Crippen LogP contribution in [0.5, 0.6) is 0 Å². The molecule has 1 aromatic carbocycles.